The Morgan fingerprint density at radius 1 is 1.12 bits per heavy atom. The first-order chi connectivity index (χ1) is 15.1. The van der Waals surface area contributed by atoms with E-state index in [1.807, 2.05) is 42.0 Å². The Labute approximate surface area is 189 Å². The molecule has 174 valence electrons. The maximum absolute atomic E-state index is 12.7. The number of fused-ring (bicyclic) bond motifs is 1. The van der Waals surface area contributed by atoms with Crippen molar-refractivity contribution in [2.45, 2.75) is 59.8 Å². The van der Waals surface area contributed by atoms with Crippen LogP contribution in [0.4, 0.5) is 0 Å². The third-order valence-corrected chi connectivity index (χ3v) is 6.67. The van der Waals surface area contributed by atoms with E-state index in [-0.39, 0.29) is 23.1 Å². The fourth-order valence-corrected chi connectivity index (χ4v) is 4.77. The van der Waals surface area contributed by atoms with Gasteiger partial charge in [-0.15, -0.1) is 0 Å². The van der Waals surface area contributed by atoms with Gasteiger partial charge in [0.15, 0.2) is 5.65 Å². The molecule has 0 aromatic carbocycles. The van der Waals surface area contributed by atoms with Crippen molar-refractivity contribution in [1.29, 1.82) is 0 Å². The first-order valence-electron chi connectivity index (χ1n) is 11.7. The molecule has 32 heavy (non-hydrogen) atoms. The Morgan fingerprint density at radius 2 is 1.84 bits per heavy atom. The van der Waals surface area contributed by atoms with Crippen LogP contribution in [0.1, 0.15) is 62.2 Å². The molecule has 4 rings (SSSR count). The van der Waals surface area contributed by atoms with Gasteiger partial charge in [0, 0.05) is 61.4 Å². The number of hydrogen-bond acceptors (Lipinski definition) is 5. The summed E-state index contributed by atoms with van der Waals surface area (Å²) in [5, 5.41) is 4.87. The summed E-state index contributed by atoms with van der Waals surface area (Å²) in [5.74, 6) is 0.595. The van der Waals surface area contributed by atoms with Crippen LogP contribution < -0.4 is 0 Å². The third kappa shape index (κ3) is 4.51. The summed E-state index contributed by atoms with van der Waals surface area (Å²) in [6, 6.07) is 2.05. The van der Waals surface area contributed by atoms with Gasteiger partial charge in [-0.2, -0.15) is 5.10 Å². The van der Waals surface area contributed by atoms with E-state index in [1.54, 1.807) is 0 Å². The second-order valence-electron chi connectivity index (χ2n) is 10.1. The molecule has 2 saturated heterocycles. The molecule has 2 aliphatic rings. The summed E-state index contributed by atoms with van der Waals surface area (Å²) in [6.45, 7) is 14.0. The zero-order chi connectivity index (χ0) is 23.0. The SMILES string of the molecule is Cc1nc2cc(C3CCN(C(=O)C(C)(C)C)C3)nn2c(C)c1CCC(=O)N1CCOCC1. The van der Waals surface area contributed by atoms with Gasteiger partial charge in [0.25, 0.3) is 0 Å². The zero-order valence-electron chi connectivity index (χ0n) is 20.0. The number of nitrogens with zero attached hydrogens (tertiary/aromatic N) is 5. The lowest BCUT2D eigenvalue weighted by Crippen LogP contribution is -2.40. The van der Waals surface area contributed by atoms with Crippen LogP contribution in [-0.2, 0) is 20.7 Å². The topological polar surface area (TPSA) is 80.0 Å². The van der Waals surface area contributed by atoms with Crippen molar-refractivity contribution in [3.05, 3.63) is 28.7 Å². The van der Waals surface area contributed by atoms with Crippen LogP contribution in [0.3, 0.4) is 0 Å². The molecule has 2 aromatic rings. The molecule has 0 aliphatic carbocycles. The van der Waals surface area contributed by atoms with E-state index in [9.17, 15) is 9.59 Å². The number of aryl methyl sites for hydroxylation is 2. The number of amides is 2. The molecule has 0 N–H and O–H groups in total. The van der Waals surface area contributed by atoms with Crippen LogP contribution in [0, 0.1) is 19.3 Å². The molecule has 0 radical (unpaired) electrons. The van der Waals surface area contributed by atoms with Crippen LogP contribution in [-0.4, -0.2) is 75.6 Å². The smallest absolute Gasteiger partial charge is 0.227 e. The van der Waals surface area contributed by atoms with Crippen LogP contribution >= 0.6 is 0 Å². The van der Waals surface area contributed by atoms with Crippen molar-refractivity contribution in [3.63, 3.8) is 0 Å². The van der Waals surface area contributed by atoms with Gasteiger partial charge < -0.3 is 14.5 Å². The molecule has 4 heterocycles. The quantitative estimate of drug-likeness (QED) is 0.728. The van der Waals surface area contributed by atoms with Crippen LogP contribution in [0.15, 0.2) is 6.07 Å². The standard InChI is InChI=1S/C24H35N5O3/c1-16-19(6-7-22(30)27-10-12-32-13-11-27)17(2)29-21(25-16)14-20(26-29)18-8-9-28(15-18)23(31)24(3,4)5/h14,18H,6-13,15H2,1-5H3. The van der Waals surface area contributed by atoms with Crippen molar-refractivity contribution in [3.8, 4) is 0 Å². The lowest BCUT2D eigenvalue weighted by atomic mass is 9.95. The average molecular weight is 442 g/mol. The van der Waals surface area contributed by atoms with Gasteiger partial charge in [0.1, 0.15) is 0 Å². The molecule has 0 spiro atoms. The number of likely N-dealkylation sites (tertiary alicyclic amines) is 1. The minimum absolute atomic E-state index is 0.169. The highest BCUT2D eigenvalue weighted by atomic mass is 16.5. The summed E-state index contributed by atoms with van der Waals surface area (Å²) in [7, 11) is 0. The monoisotopic (exact) mass is 441 g/mol. The molecule has 0 saturated carbocycles. The van der Waals surface area contributed by atoms with Gasteiger partial charge in [-0.3, -0.25) is 9.59 Å². The molecule has 8 nitrogen and oxygen atoms in total. The molecule has 2 fully saturated rings. The highest BCUT2D eigenvalue weighted by molar-refractivity contribution is 5.81. The van der Waals surface area contributed by atoms with Crippen molar-refractivity contribution in [2.24, 2.45) is 5.41 Å². The van der Waals surface area contributed by atoms with E-state index in [2.05, 4.69) is 13.0 Å². The van der Waals surface area contributed by atoms with Gasteiger partial charge in [0.05, 0.1) is 18.9 Å². The third-order valence-electron chi connectivity index (χ3n) is 6.67. The number of hydrogen-bond donors (Lipinski definition) is 0. The minimum atomic E-state index is -0.364. The predicted octanol–water partition coefficient (Wildman–Crippen LogP) is 2.50. The molecule has 1 unspecified atom stereocenters. The molecular weight excluding hydrogens is 406 g/mol. The van der Waals surface area contributed by atoms with Crippen LogP contribution in [0.25, 0.3) is 5.65 Å². The van der Waals surface area contributed by atoms with E-state index >= 15 is 0 Å². The van der Waals surface area contributed by atoms with E-state index in [0.717, 1.165) is 41.3 Å². The fraction of sp³-hybridized carbons (Fsp3) is 0.667. The van der Waals surface area contributed by atoms with Gasteiger partial charge in [-0.25, -0.2) is 9.50 Å². The Kier molecular flexibility index (Phi) is 6.25. The number of rotatable bonds is 4. The van der Waals surface area contributed by atoms with Gasteiger partial charge >= 0.3 is 0 Å². The number of morpholine rings is 1. The first kappa shape index (κ1) is 22.7. The Balaban J connectivity index is 1.49. The highest BCUT2D eigenvalue weighted by Crippen LogP contribution is 2.30. The molecule has 1 atom stereocenters. The van der Waals surface area contributed by atoms with Crippen LogP contribution in [0.5, 0.6) is 0 Å². The average Bonchev–Trinajstić information content (AvgIpc) is 3.40. The van der Waals surface area contributed by atoms with Crippen molar-refractivity contribution < 1.29 is 14.3 Å². The second kappa shape index (κ2) is 8.81. The number of ether oxygens (including phenoxy) is 1. The number of aromatic nitrogens is 3. The van der Waals surface area contributed by atoms with Crippen molar-refractivity contribution in [2.75, 3.05) is 39.4 Å². The van der Waals surface area contributed by atoms with Crippen LogP contribution in [0.2, 0.25) is 0 Å². The maximum atomic E-state index is 12.7. The lowest BCUT2D eigenvalue weighted by molar-refractivity contribution is -0.138. The molecule has 2 aromatic heterocycles. The summed E-state index contributed by atoms with van der Waals surface area (Å²) < 4.78 is 7.25. The summed E-state index contributed by atoms with van der Waals surface area (Å²) in [6.07, 6.45) is 2.05. The first-order valence-corrected chi connectivity index (χ1v) is 11.7. The normalized spacial score (nSPS) is 19.7. The van der Waals surface area contributed by atoms with Crippen molar-refractivity contribution in [1.82, 2.24) is 24.4 Å². The molecule has 2 amide bonds. The predicted molar refractivity (Wildman–Crippen MR) is 122 cm³/mol. The zero-order valence-corrected chi connectivity index (χ0v) is 20.0. The Bertz CT molecular complexity index is 1020. The van der Waals surface area contributed by atoms with E-state index in [1.165, 1.54) is 0 Å². The fourth-order valence-electron chi connectivity index (χ4n) is 4.77. The summed E-state index contributed by atoms with van der Waals surface area (Å²) in [5.41, 5.74) is 4.53. The Morgan fingerprint density at radius 3 is 2.53 bits per heavy atom. The molecule has 0 bridgehead atoms. The highest BCUT2D eigenvalue weighted by Gasteiger charge is 2.34. The van der Waals surface area contributed by atoms with Crippen molar-refractivity contribution >= 4 is 17.5 Å². The lowest BCUT2D eigenvalue weighted by Gasteiger charge is -2.27. The maximum Gasteiger partial charge on any atom is 0.227 e. The second-order valence-corrected chi connectivity index (χ2v) is 10.1. The van der Waals surface area contributed by atoms with E-state index in [4.69, 9.17) is 14.8 Å². The van der Waals surface area contributed by atoms with E-state index < -0.39 is 0 Å². The molecular formula is C24H35N5O3. The molecule has 8 heteroatoms. The van der Waals surface area contributed by atoms with E-state index in [0.29, 0.717) is 45.7 Å². The summed E-state index contributed by atoms with van der Waals surface area (Å²) in [4.78, 5) is 33.9. The van der Waals surface area contributed by atoms with Gasteiger partial charge in [-0.05, 0) is 32.3 Å². The molecule has 2 aliphatic heterocycles. The summed E-state index contributed by atoms with van der Waals surface area (Å²) >= 11 is 0. The Hall–Kier alpha value is -2.48. The minimum Gasteiger partial charge on any atom is -0.378 e. The van der Waals surface area contributed by atoms with Gasteiger partial charge in [-0.1, -0.05) is 20.8 Å². The van der Waals surface area contributed by atoms with Gasteiger partial charge in [0.2, 0.25) is 11.8 Å². The number of carbonyl (C=O) groups is 2. The largest absolute Gasteiger partial charge is 0.378 e. The number of carbonyl (C=O) groups excluding carboxylic acids is 2.